The van der Waals surface area contributed by atoms with Crippen LogP contribution in [0.2, 0.25) is 0 Å². The molecule has 0 bridgehead atoms. The van der Waals surface area contributed by atoms with Gasteiger partial charge in [0, 0.05) is 0 Å². The van der Waals surface area contributed by atoms with Crippen LogP contribution < -0.4 is 14.2 Å². The molecule has 2 aromatic rings. The Kier molecular flexibility index (Phi) is 4.51. The van der Waals surface area contributed by atoms with Crippen LogP contribution in [0, 0.1) is 13.8 Å². The number of hydrogen-bond donors (Lipinski definition) is 0. The first-order valence-electron chi connectivity index (χ1n) is 6.54. The molecule has 3 heteroatoms. The number of hydrogen-bond acceptors (Lipinski definition) is 3. The minimum atomic E-state index is 0.503. The van der Waals surface area contributed by atoms with Gasteiger partial charge in [-0.05, 0) is 54.8 Å². The van der Waals surface area contributed by atoms with Gasteiger partial charge in [0.25, 0.3) is 0 Å². The lowest BCUT2D eigenvalue weighted by atomic mass is 10.1. The molecule has 0 aliphatic rings. The predicted octanol–water partition coefficient (Wildman–Crippen LogP) is 3.90. The van der Waals surface area contributed by atoms with Crippen LogP contribution in [-0.4, -0.2) is 14.2 Å². The molecule has 0 fully saturated rings. The van der Waals surface area contributed by atoms with E-state index in [1.54, 1.807) is 14.2 Å². The minimum Gasteiger partial charge on any atom is -0.493 e. The third-order valence-corrected chi connectivity index (χ3v) is 3.05. The van der Waals surface area contributed by atoms with Crippen molar-refractivity contribution in [2.75, 3.05) is 14.2 Å². The normalized spacial score (nSPS) is 10.2. The number of methoxy groups -OCH3 is 2. The van der Waals surface area contributed by atoms with E-state index in [9.17, 15) is 0 Å². The van der Waals surface area contributed by atoms with E-state index < -0.39 is 0 Å². The second-order valence-electron chi connectivity index (χ2n) is 4.80. The molecule has 0 aliphatic heterocycles. The van der Waals surface area contributed by atoms with Gasteiger partial charge in [-0.15, -0.1) is 0 Å². The minimum absolute atomic E-state index is 0.503. The molecule has 0 N–H and O–H groups in total. The smallest absolute Gasteiger partial charge is 0.161 e. The molecule has 0 heterocycles. The standard InChI is InChI=1S/C17H20O3/c1-12-7-13(2)9-15(8-12)20-11-14-5-6-16(18-3)17(10-14)19-4/h5-10H,11H2,1-4H3. The van der Waals surface area contributed by atoms with Crippen molar-refractivity contribution in [1.29, 1.82) is 0 Å². The summed E-state index contributed by atoms with van der Waals surface area (Å²) in [5, 5.41) is 0. The van der Waals surface area contributed by atoms with Crippen LogP contribution >= 0.6 is 0 Å². The molecule has 20 heavy (non-hydrogen) atoms. The fraction of sp³-hybridized carbons (Fsp3) is 0.294. The molecule has 0 radical (unpaired) electrons. The maximum absolute atomic E-state index is 5.83. The van der Waals surface area contributed by atoms with Crippen LogP contribution in [0.3, 0.4) is 0 Å². The van der Waals surface area contributed by atoms with Gasteiger partial charge in [0.1, 0.15) is 12.4 Å². The quantitative estimate of drug-likeness (QED) is 0.826. The largest absolute Gasteiger partial charge is 0.493 e. The average molecular weight is 272 g/mol. The van der Waals surface area contributed by atoms with Crippen LogP contribution in [0.4, 0.5) is 0 Å². The van der Waals surface area contributed by atoms with Crippen molar-refractivity contribution in [3.05, 3.63) is 53.1 Å². The van der Waals surface area contributed by atoms with Gasteiger partial charge in [-0.2, -0.15) is 0 Å². The van der Waals surface area contributed by atoms with Crippen LogP contribution in [-0.2, 0) is 6.61 Å². The molecule has 0 aromatic heterocycles. The molecular formula is C17H20O3. The Labute approximate surface area is 120 Å². The van der Waals surface area contributed by atoms with Gasteiger partial charge in [-0.1, -0.05) is 12.1 Å². The van der Waals surface area contributed by atoms with E-state index >= 15 is 0 Å². The topological polar surface area (TPSA) is 27.7 Å². The van der Waals surface area contributed by atoms with E-state index in [1.807, 2.05) is 30.3 Å². The summed E-state index contributed by atoms with van der Waals surface area (Å²) in [6.07, 6.45) is 0. The lowest BCUT2D eigenvalue weighted by Crippen LogP contribution is -1.98. The Morgan fingerprint density at radius 1 is 0.800 bits per heavy atom. The maximum Gasteiger partial charge on any atom is 0.161 e. The van der Waals surface area contributed by atoms with Crippen molar-refractivity contribution < 1.29 is 14.2 Å². The van der Waals surface area contributed by atoms with Crippen molar-refractivity contribution >= 4 is 0 Å². The van der Waals surface area contributed by atoms with Crippen molar-refractivity contribution in [3.63, 3.8) is 0 Å². The Morgan fingerprint density at radius 2 is 1.45 bits per heavy atom. The average Bonchev–Trinajstić information content (AvgIpc) is 2.43. The highest BCUT2D eigenvalue weighted by Gasteiger charge is 2.05. The van der Waals surface area contributed by atoms with Crippen LogP contribution in [0.5, 0.6) is 17.2 Å². The second-order valence-corrected chi connectivity index (χ2v) is 4.80. The third-order valence-electron chi connectivity index (χ3n) is 3.05. The zero-order valence-electron chi connectivity index (χ0n) is 12.4. The summed E-state index contributed by atoms with van der Waals surface area (Å²) in [5.74, 6) is 2.33. The van der Waals surface area contributed by atoms with Crippen molar-refractivity contribution in [2.45, 2.75) is 20.5 Å². The summed E-state index contributed by atoms with van der Waals surface area (Å²) in [5.41, 5.74) is 3.45. The van der Waals surface area contributed by atoms with Gasteiger partial charge < -0.3 is 14.2 Å². The van der Waals surface area contributed by atoms with Crippen molar-refractivity contribution in [1.82, 2.24) is 0 Å². The molecule has 3 nitrogen and oxygen atoms in total. The lowest BCUT2D eigenvalue weighted by molar-refractivity contribution is 0.303. The molecule has 2 aromatic carbocycles. The predicted molar refractivity (Wildman–Crippen MR) is 79.8 cm³/mol. The molecule has 0 saturated carbocycles. The highest BCUT2D eigenvalue weighted by molar-refractivity contribution is 5.43. The summed E-state index contributed by atoms with van der Waals surface area (Å²) in [6.45, 7) is 4.63. The Morgan fingerprint density at radius 3 is 2.05 bits per heavy atom. The first-order valence-corrected chi connectivity index (χ1v) is 6.54. The number of ether oxygens (including phenoxy) is 3. The van der Waals surface area contributed by atoms with Gasteiger partial charge in [0.2, 0.25) is 0 Å². The molecule has 0 aliphatic carbocycles. The Hall–Kier alpha value is -2.16. The van der Waals surface area contributed by atoms with E-state index in [1.165, 1.54) is 11.1 Å². The number of rotatable bonds is 5. The molecule has 0 saturated heterocycles. The summed E-state index contributed by atoms with van der Waals surface area (Å²) in [6, 6.07) is 12.0. The molecule has 0 spiro atoms. The monoisotopic (exact) mass is 272 g/mol. The summed E-state index contributed by atoms with van der Waals surface area (Å²) in [4.78, 5) is 0. The van der Waals surface area contributed by atoms with Gasteiger partial charge in [-0.25, -0.2) is 0 Å². The third kappa shape index (κ3) is 3.44. The SMILES string of the molecule is COc1ccc(COc2cc(C)cc(C)c2)cc1OC. The van der Waals surface area contributed by atoms with E-state index in [4.69, 9.17) is 14.2 Å². The maximum atomic E-state index is 5.83. The fourth-order valence-electron chi connectivity index (χ4n) is 2.15. The van der Waals surface area contributed by atoms with Gasteiger partial charge in [0.15, 0.2) is 11.5 Å². The zero-order valence-corrected chi connectivity index (χ0v) is 12.4. The molecule has 0 unspecified atom stereocenters. The zero-order chi connectivity index (χ0) is 14.5. The van der Waals surface area contributed by atoms with Crippen LogP contribution in [0.1, 0.15) is 16.7 Å². The van der Waals surface area contributed by atoms with Crippen LogP contribution in [0.25, 0.3) is 0 Å². The van der Waals surface area contributed by atoms with Crippen molar-refractivity contribution in [3.8, 4) is 17.2 Å². The van der Waals surface area contributed by atoms with E-state index in [0.717, 1.165) is 17.1 Å². The lowest BCUT2D eigenvalue weighted by Gasteiger charge is -2.11. The van der Waals surface area contributed by atoms with Gasteiger partial charge in [-0.3, -0.25) is 0 Å². The number of aryl methyl sites for hydroxylation is 2. The number of benzene rings is 2. The van der Waals surface area contributed by atoms with Gasteiger partial charge >= 0.3 is 0 Å². The highest BCUT2D eigenvalue weighted by atomic mass is 16.5. The molecule has 106 valence electrons. The summed E-state index contributed by atoms with van der Waals surface area (Å²) in [7, 11) is 3.26. The molecule has 0 atom stereocenters. The van der Waals surface area contributed by atoms with E-state index in [2.05, 4.69) is 19.9 Å². The first-order chi connectivity index (χ1) is 9.62. The first kappa shape index (κ1) is 14.3. The van der Waals surface area contributed by atoms with E-state index in [0.29, 0.717) is 12.4 Å². The van der Waals surface area contributed by atoms with E-state index in [-0.39, 0.29) is 0 Å². The molecule has 0 amide bonds. The second kappa shape index (κ2) is 6.33. The Balaban J connectivity index is 2.10. The van der Waals surface area contributed by atoms with Crippen LogP contribution in [0.15, 0.2) is 36.4 Å². The van der Waals surface area contributed by atoms with Crippen molar-refractivity contribution in [2.24, 2.45) is 0 Å². The highest BCUT2D eigenvalue weighted by Crippen LogP contribution is 2.28. The Bertz CT molecular complexity index is 571. The summed E-state index contributed by atoms with van der Waals surface area (Å²) < 4.78 is 16.3. The molecule has 2 rings (SSSR count). The van der Waals surface area contributed by atoms with Gasteiger partial charge in [0.05, 0.1) is 14.2 Å². The summed E-state index contributed by atoms with van der Waals surface area (Å²) >= 11 is 0. The fourth-order valence-corrected chi connectivity index (χ4v) is 2.15. The molecular weight excluding hydrogens is 252 g/mol.